The summed E-state index contributed by atoms with van der Waals surface area (Å²) in [4.78, 5) is 24.0. The molecule has 0 saturated heterocycles. The Bertz CT molecular complexity index is 856. The van der Waals surface area contributed by atoms with Crippen molar-refractivity contribution in [2.24, 2.45) is 7.05 Å². The first-order valence-corrected chi connectivity index (χ1v) is 8.17. The normalized spacial score (nSPS) is 10.5. The number of carbonyl (C=O) groups excluding carboxylic acids is 2. The fraction of sp³-hybridized carbons (Fsp3) is 0.125. The van der Waals surface area contributed by atoms with Crippen molar-refractivity contribution in [2.75, 3.05) is 5.75 Å². The summed E-state index contributed by atoms with van der Waals surface area (Å²) in [6.45, 7) is 0. The van der Waals surface area contributed by atoms with Crippen LogP contribution < -0.4 is 5.32 Å². The molecule has 0 atom stereocenters. The fourth-order valence-corrected chi connectivity index (χ4v) is 2.87. The number of amides is 2. The second-order valence-corrected chi connectivity index (χ2v) is 5.93. The highest BCUT2D eigenvalue weighted by molar-refractivity contribution is 7.99. The molecule has 0 aliphatic carbocycles. The van der Waals surface area contributed by atoms with Gasteiger partial charge in [-0.3, -0.25) is 19.5 Å². The van der Waals surface area contributed by atoms with Gasteiger partial charge in [-0.2, -0.15) is 0 Å². The lowest BCUT2D eigenvalue weighted by Gasteiger charge is -2.07. The molecule has 122 valence electrons. The van der Waals surface area contributed by atoms with Gasteiger partial charge in [-0.25, -0.2) is 0 Å². The summed E-state index contributed by atoms with van der Waals surface area (Å²) in [5.41, 5.74) is 1.34. The molecular formula is C16H15N5O2S. The Morgan fingerprint density at radius 2 is 1.96 bits per heavy atom. The van der Waals surface area contributed by atoms with E-state index < -0.39 is 5.91 Å². The third-order valence-electron chi connectivity index (χ3n) is 3.31. The van der Waals surface area contributed by atoms with Crippen LogP contribution in [0.25, 0.3) is 5.69 Å². The highest BCUT2D eigenvalue weighted by atomic mass is 32.2. The van der Waals surface area contributed by atoms with E-state index >= 15 is 0 Å². The molecule has 0 fully saturated rings. The van der Waals surface area contributed by atoms with E-state index in [2.05, 4.69) is 15.5 Å². The molecule has 1 aromatic carbocycles. The number of hydrogen-bond acceptors (Lipinski definition) is 5. The predicted molar refractivity (Wildman–Crippen MR) is 90.0 cm³/mol. The van der Waals surface area contributed by atoms with E-state index in [1.807, 2.05) is 30.3 Å². The molecule has 0 aliphatic rings. The number of benzene rings is 1. The maximum atomic E-state index is 12.0. The first-order valence-electron chi connectivity index (χ1n) is 7.19. The summed E-state index contributed by atoms with van der Waals surface area (Å²) in [6.07, 6.45) is 3.33. The third-order valence-corrected chi connectivity index (χ3v) is 4.26. The van der Waals surface area contributed by atoms with Crippen molar-refractivity contribution in [1.82, 2.24) is 24.6 Å². The van der Waals surface area contributed by atoms with Crippen LogP contribution in [0.5, 0.6) is 0 Å². The van der Waals surface area contributed by atoms with E-state index in [1.165, 1.54) is 11.8 Å². The number of aryl methyl sites for hydroxylation is 1. The molecule has 2 amide bonds. The molecule has 8 heteroatoms. The van der Waals surface area contributed by atoms with Crippen LogP contribution in [0, 0.1) is 0 Å². The summed E-state index contributed by atoms with van der Waals surface area (Å²) in [5.74, 6) is -0.728. The van der Waals surface area contributed by atoms with Gasteiger partial charge < -0.3 is 4.57 Å². The summed E-state index contributed by atoms with van der Waals surface area (Å²) < 4.78 is 3.44. The quantitative estimate of drug-likeness (QED) is 0.714. The predicted octanol–water partition coefficient (Wildman–Crippen LogP) is 1.65. The molecule has 0 aliphatic heterocycles. The van der Waals surface area contributed by atoms with Gasteiger partial charge in [0, 0.05) is 18.9 Å². The molecule has 1 N–H and O–H groups in total. The topological polar surface area (TPSA) is 81.8 Å². The van der Waals surface area contributed by atoms with Gasteiger partial charge in [0.2, 0.25) is 5.91 Å². The van der Waals surface area contributed by atoms with Crippen LogP contribution in [0.4, 0.5) is 0 Å². The molecule has 2 aromatic heterocycles. The van der Waals surface area contributed by atoms with E-state index in [-0.39, 0.29) is 11.7 Å². The van der Waals surface area contributed by atoms with Gasteiger partial charge in [0.1, 0.15) is 12.0 Å². The Morgan fingerprint density at radius 3 is 2.67 bits per heavy atom. The summed E-state index contributed by atoms with van der Waals surface area (Å²) in [6, 6.07) is 13.0. The number of carbonyl (C=O) groups is 2. The van der Waals surface area contributed by atoms with Gasteiger partial charge in [0.05, 0.1) is 5.75 Å². The van der Waals surface area contributed by atoms with Crippen LogP contribution in [0.2, 0.25) is 0 Å². The fourth-order valence-electron chi connectivity index (χ4n) is 2.14. The van der Waals surface area contributed by atoms with Crippen LogP contribution in [0.15, 0.2) is 60.1 Å². The number of nitrogens with one attached hydrogen (secondary N) is 1. The minimum absolute atomic E-state index is 0.0711. The zero-order valence-electron chi connectivity index (χ0n) is 12.9. The van der Waals surface area contributed by atoms with Gasteiger partial charge >= 0.3 is 0 Å². The number of thioether (sulfide) groups is 1. The monoisotopic (exact) mass is 341 g/mol. The van der Waals surface area contributed by atoms with Crippen LogP contribution in [0.3, 0.4) is 0 Å². The first kappa shape index (κ1) is 16.0. The van der Waals surface area contributed by atoms with E-state index in [1.54, 1.807) is 40.8 Å². The maximum absolute atomic E-state index is 12.0. The minimum atomic E-state index is -0.419. The first-order chi connectivity index (χ1) is 11.6. The standard InChI is InChI=1S/C16H15N5O2S/c1-20-9-5-8-13(20)15(23)18-14(22)10-24-16-19-17-11-21(16)12-6-3-2-4-7-12/h2-9,11H,10H2,1H3,(H,18,22,23). The van der Waals surface area contributed by atoms with Gasteiger partial charge in [-0.15, -0.1) is 10.2 Å². The van der Waals surface area contributed by atoms with Crippen LogP contribution >= 0.6 is 11.8 Å². The SMILES string of the molecule is Cn1cccc1C(=O)NC(=O)CSc1nncn1-c1ccccc1. The zero-order valence-corrected chi connectivity index (χ0v) is 13.7. The molecule has 3 rings (SSSR count). The largest absolute Gasteiger partial charge is 0.347 e. The molecule has 0 unspecified atom stereocenters. The van der Waals surface area contributed by atoms with Gasteiger partial charge in [-0.05, 0) is 24.3 Å². The molecule has 2 heterocycles. The third kappa shape index (κ3) is 3.54. The molecule has 0 radical (unpaired) electrons. The number of rotatable bonds is 5. The number of imide groups is 1. The van der Waals surface area contributed by atoms with Crippen molar-refractivity contribution < 1.29 is 9.59 Å². The molecule has 0 bridgehead atoms. The minimum Gasteiger partial charge on any atom is -0.347 e. The average molecular weight is 341 g/mol. The molecule has 3 aromatic rings. The van der Waals surface area contributed by atoms with Crippen LogP contribution in [-0.4, -0.2) is 36.9 Å². The van der Waals surface area contributed by atoms with E-state index in [0.29, 0.717) is 10.9 Å². The number of aromatic nitrogens is 4. The Hall–Kier alpha value is -2.87. The molecule has 24 heavy (non-hydrogen) atoms. The number of para-hydroxylation sites is 1. The van der Waals surface area contributed by atoms with Crippen molar-refractivity contribution in [3.8, 4) is 5.69 Å². The Labute approximate surface area is 142 Å². The molecule has 0 saturated carbocycles. The van der Waals surface area contributed by atoms with E-state index in [4.69, 9.17) is 0 Å². The second-order valence-electron chi connectivity index (χ2n) is 4.99. The molecule has 7 nitrogen and oxygen atoms in total. The Balaban J connectivity index is 1.61. The van der Waals surface area contributed by atoms with Crippen molar-refractivity contribution in [1.29, 1.82) is 0 Å². The lowest BCUT2D eigenvalue weighted by atomic mass is 10.3. The zero-order chi connectivity index (χ0) is 16.9. The van der Waals surface area contributed by atoms with Gasteiger partial charge in [0.15, 0.2) is 5.16 Å². The second kappa shape index (κ2) is 7.14. The summed E-state index contributed by atoms with van der Waals surface area (Å²) in [7, 11) is 1.75. The summed E-state index contributed by atoms with van der Waals surface area (Å²) >= 11 is 1.22. The van der Waals surface area contributed by atoms with Crippen LogP contribution in [-0.2, 0) is 11.8 Å². The lowest BCUT2D eigenvalue weighted by molar-refractivity contribution is -0.117. The number of nitrogens with zero attached hydrogens (tertiary/aromatic N) is 4. The Kier molecular flexibility index (Phi) is 4.76. The van der Waals surface area contributed by atoms with Crippen molar-refractivity contribution in [3.63, 3.8) is 0 Å². The molecular weight excluding hydrogens is 326 g/mol. The van der Waals surface area contributed by atoms with Gasteiger partial charge in [-0.1, -0.05) is 30.0 Å². The average Bonchev–Trinajstić information content (AvgIpc) is 3.22. The van der Waals surface area contributed by atoms with E-state index in [9.17, 15) is 9.59 Å². The lowest BCUT2D eigenvalue weighted by Crippen LogP contribution is -2.33. The maximum Gasteiger partial charge on any atom is 0.274 e. The molecule has 0 spiro atoms. The van der Waals surface area contributed by atoms with Crippen molar-refractivity contribution in [3.05, 3.63) is 60.7 Å². The Morgan fingerprint density at radius 1 is 1.17 bits per heavy atom. The highest BCUT2D eigenvalue weighted by Crippen LogP contribution is 2.18. The highest BCUT2D eigenvalue weighted by Gasteiger charge is 2.14. The van der Waals surface area contributed by atoms with E-state index in [0.717, 1.165) is 5.69 Å². The van der Waals surface area contributed by atoms with Crippen molar-refractivity contribution in [2.45, 2.75) is 5.16 Å². The number of hydrogen-bond donors (Lipinski definition) is 1. The van der Waals surface area contributed by atoms with Crippen molar-refractivity contribution >= 4 is 23.6 Å². The van der Waals surface area contributed by atoms with Crippen LogP contribution in [0.1, 0.15) is 10.5 Å². The summed E-state index contributed by atoms with van der Waals surface area (Å²) in [5, 5.41) is 10.8. The van der Waals surface area contributed by atoms with Gasteiger partial charge in [0.25, 0.3) is 5.91 Å². The smallest absolute Gasteiger partial charge is 0.274 e.